The van der Waals surface area contributed by atoms with Crippen LogP contribution < -0.4 is 10.2 Å². The Kier molecular flexibility index (Phi) is 3.20. The Hall–Kier alpha value is -1.23. The number of hydrogen-bond acceptors (Lipinski definition) is 2. The lowest BCUT2D eigenvalue weighted by Gasteiger charge is -2.43. The molecular formula is C15H19F3N2. The maximum Gasteiger partial charge on any atom is 0.416 e. The van der Waals surface area contributed by atoms with E-state index in [0.29, 0.717) is 5.92 Å². The smallest absolute Gasteiger partial charge is 0.368 e. The largest absolute Gasteiger partial charge is 0.416 e. The topological polar surface area (TPSA) is 15.3 Å². The zero-order valence-corrected chi connectivity index (χ0v) is 11.5. The fourth-order valence-electron chi connectivity index (χ4n) is 3.08. The first-order valence-electron chi connectivity index (χ1n) is 7.06. The molecular weight excluding hydrogens is 265 g/mol. The summed E-state index contributed by atoms with van der Waals surface area (Å²) in [4.78, 5) is 2.19. The summed E-state index contributed by atoms with van der Waals surface area (Å²) < 4.78 is 37.7. The van der Waals surface area contributed by atoms with Gasteiger partial charge in [0.05, 0.1) is 5.56 Å². The third-order valence-electron chi connectivity index (χ3n) is 4.47. The van der Waals surface area contributed by atoms with E-state index in [-0.39, 0.29) is 5.54 Å². The number of alkyl halides is 3. The normalized spacial score (nSPS) is 27.7. The van der Waals surface area contributed by atoms with Crippen molar-refractivity contribution >= 4 is 5.69 Å². The van der Waals surface area contributed by atoms with Crippen LogP contribution in [0.3, 0.4) is 0 Å². The highest BCUT2D eigenvalue weighted by atomic mass is 19.4. The molecule has 0 radical (unpaired) electrons. The van der Waals surface area contributed by atoms with Crippen molar-refractivity contribution in [3.63, 3.8) is 0 Å². The van der Waals surface area contributed by atoms with E-state index in [1.165, 1.54) is 25.0 Å². The average Bonchev–Trinajstić information content (AvgIpc) is 3.23. The van der Waals surface area contributed by atoms with Crippen molar-refractivity contribution in [3.05, 3.63) is 29.8 Å². The van der Waals surface area contributed by atoms with Gasteiger partial charge >= 0.3 is 6.18 Å². The van der Waals surface area contributed by atoms with E-state index in [1.54, 1.807) is 12.1 Å². The second-order valence-electron chi connectivity index (χ2n) is 6.08. The lowest BCUT2D eigenvalue weighted by molar-refractivity contribution is -0.137. The highest BCUT2D eigenvalue weighted by Gasteiger charge is 2.44. The van der Waals surface area contributed by atoms with Crippen LogP contribution in [0.2, 0.25) is 0 Å². The molecule has 1 heterocycles. The molecule has 0 bridgehead atoms. The molecule has 0 spiro atoms. The van der Waals surface area contributed by atoms with E-state index in [2.05, 4.69) is 17.1 Å². The predicted octanol–water partition coefficient (Wildman–Crippen LogP) is 3.28. The molecule has 1 saturated heterocycles. The van der Waals surface area contributed by atoms with E-state index < -0.39 is 11.7 Å². The van der Waals surface area contributed by atoms with Crippen molar-refractivity contribution in [3.8, 4) is 0 Å². The van der Waals surface area contributed by atoms with E-state index in [0.717, 1.165) is 25.3 Å². The first kappa shape index (κ1) is 13.7. The molecule has 1 atom stereocenters. The summed E-state index contributed by atoms with van der Waals surface area (Å²) in [7, 11) is 0. The number of anilines is 1. The molecule has 2 nitrogen and oxygen atoms in total. The lowest BCUT2D eigenvalue weighted by atomic mass is 9.92. The molecule has 1 aromatic rings. The van der Waals surface area contributed by atoms with Gasteiger partial charge < -0.3 is 10.2 Å². The van der Waals surface area contributed by atoms with E-state index in [1.807, 2.05) is 0 Å². The van der Waals surface area contributed by atoms with Gasteiger partial charge in [0.2, 0.25) is 0 Å². The van der Waals surface area contributed by atoms with Gasteiger partial charge in [-0.05, 0) is 49.9 Å². The molecule has 1 aliphatic carbocycles. The maximum atomic E-state index is 12.6. The van der Waals surface area contributed by atoms with E-state index in [9.17, 15) is 13.2 Å². The minimum absolute atomic E-state index is 0.0982. The second-order valence-corrected chi connectivity index (χ2v) is 6.08. The van der Waals surface area contributed by atoms with Gasteiger partial charge in [0, 0.05) is 30.9 Å². The molecule has 2 aliphatic rings. The Balaban J connectivity index is 1.75. The van der Waals surface area contributed by atoms with Crippen molar-refractivity contribution in [1.82, 2.24) is 5.32 Å². The van der Waals surface area contributed by atoms with Gasteiger partial charge in [0.15, 0.2) is 0 Å². The summed E-state index contributed by atoms with van der Waals surface area (Å²) in [5.74, 6) is 0.708. The Morgan fingerprint density at radius 1 is 1.20 bits per heavy atom. The monoisotopic (exact) mass is 284 g/mol. The molecule has 110 valence electrons. The van der Waals surface area contributed by atoms with Crippen molar-refractivity contribution < 1.29 is 13.2 Å². The van der Waals surface area contributed by atoms with Crippen LogP contribution in [0.25, 0.3) is 0 Å². The molecule has 5 heteroatoms. The van der Waals surface area contributed by atoms with Crippen molar-refractivity contribution in [2.45, 2.75) is 31.5 Å². The van der Waals surface area contributed by atoms with Gasteiger partial charge in [-0.15, -0.1) is 0 Å². The maximum absolute atomic E-state index is 12.6. The molecule has 0 amide bonds. The van der Waals surface area contributed by atoms with E-state index in [4.69, 9.17) is 0 Å². The van der Waals surface area contributed by atoms with Crippen molar-refractivity contribution in [2.24, 2.45) is 5.92 Å². The standard InChI is InChI=1S/C15H19F3N2/c1-14(11-2-3-11)10-20(9-8-19-14)13-6-4-12(5-7-13)15(16,17)18/h4-7,11,19H,2-3,8-10H2,1H3. The number of benzene rings is 1. The number of rotatable bonds is 2. The van der Waals surface area contributed by atoms with Gasteiger partial charge in [-0.3, -0.25) is 0 Å². The average molecular weight is 284 g/mol. The summed E-state index contributed by atoms with van der Waals surface area (Å²) in [5, 5.41) is 3.57. The first-order valence-corrected chi connectivity index (χ1v) is 7.06. The molecule has 1 saturated carbocycles. The summed E-state index contributed by atoms with van der Waals surface area (Å²) >= 11 is 0. The predicted molar refractivity (Wildman–Crippen MR) is 72.8 cm³/mol. The number of halogens is 3. The molecule has 1 N–H and O–H groups in total. The molecule has 1 aromatic carbocycles. The summed E-state index contributed by atoms with van der Waals surface area (Å²) in [6.45, 7) is 4.81. The van der Waals surface area contributed by atoms with Crippen molar-refractivity contribution in [2.75, 3.05) is 24.5 Å². The van der Waals surface area contributed by atoms with Crippen LogP contribution in [-0.2, 0) is 6.18 Å². The SMILES string of the molecule is CC1(C2CC2)CN(c2ccc(C(F)(F)F)cc2)CCN1. The molecule has 0 aromatic heterocycles. The summed E-state index contributed by atoms with van der Waals surface area (Å²) in [6, 6.07) is 5.51. The van der Waals surface area contributed by atoms with Crippen LogP contribution in [0.5, 0.6) is 0 Å². The molecule has 20 heavy (non-hydrogen) atoms. The van der Waals surface area contributed by atoms with Gasteiger partial charge in [-0.25, -0.2) is 0 Å². The summed E-state index contributed by atoms with van der Waals surface area (Å²) in [5.41, 5.74) is 0.397. The zero-order valence-electron chi connectivity index (χ0n) is 11.5. The van der Waals surface area contributed by atoms with Crippen LogP contribution in [-0.4, -0.2) is 25.2 Å². The number of nitrogens with zero attached hydrogens (tertiary/aromatic N) is 1. The number of piperazine rings is 1. The van der Waals surface area contributed by atoms with Gasteiger partial charge in [-0.2, -0.15) is 13.2 Å². The molecule has 1 aliphatic heterocycles. The van der Waals surface area contributed by atoms with Crippen LogP contribution in [0.4, 0.5) is 18.9 Å². The quantitative estimate of drug-likeness (QED) is 0.896. The van der Waals surface area contributed by atoms with Crippen LogP contribution in [0.15, 0.2) is 24.3 Å². The third kappa shape index (κ3) is 2.64. The van der Waals surface area contributed by atoms with Gasteiger partial charge in [0.1, 0.15) is 0 Å². The Labute approximate surface area is 117 Å². The van der Waals surface area contributed by atoms with E-state index >= 15 is 0 Å². The molecule has 3 rings (SSSR count). The zero-order chi connectivity index (χ0) is 14.4. The van der Waals surface area contributed by atoms with Crippen LogP contribution in [0, 0.1) is 5.92 Å². The molecule has 1 unspecified atom stereocenters. The lowest BCUT2D eigenvalue weighted by Crippen LogP contribution is -2.60. The minimum atomic E-state index is -4.26. The van der Waals surface area contributed by atoms with Crippen LogP contribution in [0.1, 0.15) is 25.3 Å². The third-order valence-corrected chi connectivity index (χ3v) is 4.47. The fraction of sp³-hybridized carbons (Fsp3) is 0.600. The molecule has 2 fully saturated rings. The number of nitrogens with one attached hydrogen (secondary N) is 1. The van der Waals surface area contributed by atoms with Crippen LogP contribution >= 0.6 is 0 Å². The summed E-state index contributed by atoms with van der Waals surface area (Å²) in [6.07, 6.45) is -1.75. The highest BCUT2D eigenvalue weighted by molar-refractivity contribution is 5.49. The first-order chi connectivity index (χ1) is 9.38. The Morgan fingerprint density at radius 2 is 1.85 bits per heavy atom. The van der Waals surface area contributed by atoms with Crippen molar-refractivity contribution in [1.29, 1.82) is 0 Å². The Bertz CT molecular complexity index is 479. The highest BCUT2D eigenvalue weighted by Crippen LogP contribution is 2.41. The fourth-order valence-corrected chi connectivity index (χ4v) is 3.08. The van der Waals surface area contributed by atoms with Gasteiger partial charge in [-0.1, -0.05) is 0 Å². The Morgan fingerprint density at radius 3 is 2.40 bits per heavy atom. The second kappa shape index (κ2) is 4.65. The van der Waals surface area contributed by atoms with Gasteiger partial charge in [0.25, 0.3) is 0 Å². The number of hydrogen-bond donors (Lipinski definition) is 1. The minimum Gasteiger partial charge on any atom is -0.368 e.